The summed E-state index contributed by atoms with van der Waals surface area (Å²) in [5.41, 5.74) is 5.65. The van der Waals surface area contributed by atoms with Crippen LogP contribution >= 0.6 is 0 Å². The van der Waals surface area contributed by atoms with E-state index in [1.54, 1.807) is 0 Å². The fourth-order valence-electron chi connectivity index (χ4n) is 2.29. The van der Waals surface area contributed by atoms with Crippen LogP contribution in [0.25, 0.3) is 0 Å². The van der Waals surface area contributed by atoms with Crippen molar-refractivity contribution in [1.29, 1.82) is 0 Å². The number of hydrogen-bond acceptors (Lipinski definition) is 2. The highest BCUT2D eigenvalue weighted by Crippen LogP contribution is 2.08. The van der Waals surface area contributed by atoms with Gasteiger partial charge in [0.15, 0.2) is 0 Å². The highest BCUT2D eigenvalue weighted by atomic mass is 15.1. The molecule has 0 rings (SSSR count). The number of nitrogens with zero attached hydrogens (tertiary/aromatic N) is 1. The monoisotopic (exact) mass is 242 g/mol. The van der Waals surface area contributed by atoms with Crippen LogP contribution in [0.3, 0.4) is 0 Å². The summed E-state index contributed by atoms with van der Waals surface area (Å²) in [6.45, 7) is 11.1. The first-order valence-electron chi connectivity index (χ1n) is 7.63. The van der Waals surface area contributed by atoms with E-state index in [2.05, 4.69) is 25.7 Å². The molecule has 0 aromatic rings. The molecule has 0 radical (unpaired) electrons. The standard InChI is InChI=1S/C15H34N2/c1-4-5-6-7-8-9-10-12-17(13-11-16)14-15(2)3/h15H,4-14,16H2,1-3H3. The predicted molar refractivity (Wildman–Crippen MR) is 78.3 cm³/mol. The van der Waals surface area contributed by atoms with Gasteiger partial charge in [-0.2, -0.15) is 0 Å². The van der Waals surface area contributed by atoms with Gasteiger partial charge in [0.2, 0.25) is 0 Å². The van der Waals surface area contributed by atoms with Crippen LogP contribution in [0.1, 0.15) is 65.7 Å². The summed E-state index contributed by atoms with van der Waals surface area (Å²) in [7, 11) is 0. The largest absolute Gasteiger partial charge is 0.329 e. The van der Waals surface area contributed by atoms with Crippen LogP contribution in [-0.2, 0) is 0 Å². The molecule has 0 amide bonds. The zero-order valence-corrected chi connectivity index (χ0v) is 12.4. The van der Waals surface area contributed by atoms with Gasteiger partial charge >= 0.3 is 0 Å². The van der Waals surface area contributed by atoms with Crippen molar-refractivity contribution in [3.8, 4) is 0 Å². The Labute approximate surface area is 109 Å². The molecule has 2 nitrogen and oxygen atoms in total. The minimum absolute atomic E-state index is 0.756. The number of nitrogens with two attached hydrogens (primary N) is 1. The average Bonchev–Trinajstić information content (AvgIpc) is 2.27. The molecular weight excluding hydrogens is 208 g/mol. The van der Waals surface area contributed by atoms with Crippen molar-refractivity contribution < 1.29 is 0 Å². The van der Waals surface area contributed by atoms with E-state index in [0.717, 1.165) is 19.0 Å². The fourth-order valence-corrected chi connectivity index (χ4v) is 2.29. The van der Waals surface area contributed by atoms with Gasteiger partial charge in [-0.15, -0.1) is 0 Å². The van der Waals surface area contributed by atoms with Gasteiger partial charge in [-0.25, -0.2) is 0 Å². The molecule has 0 saturated carbocycles. The summed E-state index contributed by atoms with van der Waals surface area (Å²) in [6, 6.07) is 0. The van der Waals surface area contributed by atoms with Crippen molar-refractivity contribution in [1.82, 2.24) is 4.90 Å². The van der Waals surface area contributed by atoms with Crippen molar-refractivity contribution in [3.63, 3.8) is 0 Å². The first-order valence-corrected chi connectivity index (χ1v) is 7.63. The third kappa shape index (κ3) is 12.2. The maximum atomic E-state index is 5.65. The van der Waals surface area contributed by atoms with Gasteiger partial charge in [-0.05, 0) is 18.9 Å². The van der Waals surface area contributed by atoms with E-state index in [9.17, 15) is 0 Å². The molecule has 0 spiro atoms. The molecule has 0 heterocycles. The van der Waals surface area contributed by atoms with Crippen LogP contribution in [0, 0.1) is 5.92 Å². The maximum Gasteiger partial charge on any atom is 0.0105 e. The lowest BCUT2D eigenvalue weighted by Gasteiger charge is -2.23. The normalized spacial score (nSPS) is 11.6. The zero-order valence-electron chi connectivity index (χ0n) is 12.4. The van der Waals surface area contributed by atoms with E-state index in [0.29, 0.717) is 0 Å². The van der Waals surface area contributed by atoms with E-state index in [1.807, 2.05) is 0 Å². The summed E-state index contributed by atoms with van der Waals surface area (Å²) >= 11 is 0. The van der Waals surface area contributed by atoms with Gasteiger partial charge in [-0.3, -0.25) is 0 Å². The van der Waals surface area contributed by atoms with Gasteiger partial charge < -0.3 is 10.6 Å². The molecule has 0 fully saturated rings. The summed E-state index contributed by atoms with van der Waals surface area (Å²) in [5, 5.41) is 0. The van der Waals surface area contributed by atoms with E-state index < -0.39 is 0 Å². The van der Waals surface area contributed by atoms with Crippen molar-refractivity contribution in [2.24, 2.45) is 11.7 Å². The Morgan fingerprint density at radius 2 is 1.47 bits per heavy atom. The first kappa shape index (κ1) is 16.9. The van der Waals surface area contributed by atoms with Crippen LogP contribution in [0.15, 0.2) is 0 Å². The SMILES string of the molecule is CCCCCCCCCN(CCN)CC(C)C. The lowest BCUT2D eigenvalue weighted by Crippen LogP contribution is -2.33. The van der Waals surface area contributed by atoms with E-state index in [1.165, 1.54) is 58.0 Å². The molecule has 0 saturated heterocycles. The Morgan fingerprint density at radius 3 is 2.00 bits per heavy atom. The van der Waals surface area contributed by atoms with E-state index >= 15 is 0 Å². The van der Waals surface area contributed by atoms with Gasteiger partial charge in [0, 0.05) is 19.6 Å². The van der Waals surface area contributed by atoms with Gasteiger partial charge in [0.25, 0.3) is 0 Å². The topological polar surface area (TPSA) is 29.3 Å². The van der Waals surface area contributed by atoms with Crippen molar-refractivity contribution in [2.45, 2.75) is 65.7 Å². The first-order chi connectivity index (χ1) is 8.20. The van der Waals surface area contributed by atoms with Crippen molar-refractivity contribution in [2.75, 3.05) is 26.2 Å². The lowest BCUT2D eigenvalue weighted by atomic mass is 10.1. The minimum atomic E-state index is 0.756. The van der Waals surface area contributed by atoms with Crippen LogP contribution in [0.5, 0.6) is 0 Å². The van der Waals surface area contributed by atoms with Crippen molar-refractivity contribution >= 4 is 0 Å². The second-order valence-electron chi connectivity index (χ2n) is 5.60. The molecule has 0 bridgehead atoms. The predicted octanol–water partition coefficient (Wildman–Crippen LogP) is 3.65. The molecule has 0 unspecified atom stereocenters. The Morgan fingerprint density at radius 1 is 0.882 bits per heavy atom. The zero-order chi connectivity index (χ0) is 12.9. The molecule has 0 aliphatic rings. The summed E-state index contributed by atoms with van der Waals surface area (Å²) in [5.74, 6) is 0.756. The molecule has 0 atom stereocenters. The molecule has 0 aliphatic carbocycles. The van der Waals surface area contributed by atoms with E-state index in [-0.39, 0.29) is 0 Å². The smallest absolute Gasteiger partial charge is 0.0105 e. The van der Waals surface area contributed by atoms with Crippen molar-refractivity contribution in [3.05, 3.63) is 0 Å². The Kier molecular flexibility index (Phi) is 12.3. The van der Waals surface area contributed by atoms with Gasteiger partial charge in [-0.1, -0.05) is 59.3 Å². The van der Waals surface area contributed by atoms with Crippen LogP contribution < -0.4 is 5.73 Å². The van der Waals surface area contributed by atoms with Crippen LogP contribution in [-0.4, -0.2) is 31.1 Å². The summed E-state index contributed by atoms with van der Waals surface area (Å²) < 4.78 is 0. The Bertz CT molecular complexity index is 146. The number of hydrogen-bond donors (Lipinski definition) is 1. The highest BCUT2D eigenvalue weighted by Gasteiger charge is 2.05. The summed E-state index contributed by atoms with van der Waals surface area (Å²) in [6.07, 6.45) is 9.76. The molecule has 17 heavy (non-hydrogen) atoms. The molecule has 0 aromatic heterocycles. The second-order valence-corrected chi connectivity index (χ2v) is 5.60. The lowest BCUT2D eigenvalue weighted by molar-refractivity contribution is 0.245. The maximum absolute atomic E-state index is 5.65. The molecule has 2 N–H and O–H groups in total. The Balaban J connectivity index is 3.40. The Hall–Kier alpha value is -0.0800. The molecule has 104 valence electrons. The van der Waals surface area contributed by atoms with Crippen LogP contribution in [0.2, 0.25) is 0 Å². The molecule has 0 aromatic carbocycles. The summed E-state index contributed by atoms with van der Waals surface area (Å²) in [4.78, 5) is 2.52. The second kappa shape index (κ2) is 12.4. The number of rotatable bonds is 12. The molecule has 0 aliphatic heterocycles. The third-order valence-electron chi connectivity index (χ3n) is 3.15. The molecular formula is C15H34N2. The van der Waals surface area contributed by atoms with Crippen LogP contribution in [0.4, 0.5) is 0 Å². The third-order valence-corrected chi connectivity index (χ3v) is 3.15. The van der Waals surface area contributed by atoms with E-state index in [4.69, 9.17) is 5.73 Å². The number of unbranched alkanes of at least 4 members (excludes halogenated alkanes) is 6. The van der Waals surface area contributed by atoms with Gasteiger partial charge in [0.05, 0.1) is 0 Å². The average molecular weight is 242 g/mol. The molecule has 2 heteroatoms. The quantitative estimate of drug-likeness (QED) is 0.529. The highest BCUT2D eigenvalue weighted by molar-refractivity contribution is 4.61. The van der Waals surface area contributed by atoms with Gasteiger partial charge in [0.1, 0.15) is 0 Å². The fraction of sp³-hybridized carbons (Fsp3) is 1.00. The minimum Gasteiger partial charge on any atom is -0.329 e.